The van der Waals surface area contributed by atoms with Crippen molar-refractivity contribution in [3.8, 4) is 22.3 Å². The van der Waals surface area contributed by atoms with Crippen molar-refractivity contribution in [2.45, 2.75) is 26.2 Å². The van der Waals surface area contributed by atoms with Crippen molar-refractivity contribution in [2.75, 3.05) is 5.75 Å². The molecule has 40 heavy (non-hydrogen) atoms. The number of thioether (sulfide) groups is 1. The number of benzene rings is 3. The van der Waals surface area contributed by atoms with Crippen molar-refractivity contribution in [3.05, 3.63) is 168 Å². The molecule has 2 heteroatoms. The zero-order valence-corrected chi connectivity index (χ0v) is 24.4. The summed E-state index contributed by atoms with van der Waals surface area (Å²) < 4.78 is 0. The van der Waals surface area contributed by atoms with Gasteiger partial charge in [-0.25, -0.2) is 0 Å². The maximum Gasteiger partial charge on any atom is 0.0436 e. The van der Waals surface area contributed by atoms with Crippen LogP contribution < -0.4 is 0 Å². The summed E-state index contributed by atoms with van der Waals surface area (Å²) in [5.74, 6) is 0.977. The van der Waals surface area contributed by atoms with Crippen LogP contribution in [0.3, 0.4) is 0 Å². The minimum atomic E-state index is -0.260. The Bertz CT molecular complexity index is 1670. The Morgan fingerprint density at radius 3 is 2.33 bits per heavy atom. The predicted octanol–water partition coefficient (Wildman–Crippen LogP) is 10.4. The SMILES string of the molecule is C=C/C(C(=C)C(=C)c1cccc(-c2cccc3c2-c2ccccc2C3(C)c2ccncc2)c1)=C(\C=C/C)SCC. The summed E-state index contributed by atoms with van der Waals surface area (Å²) in [5, 5.41) is 0. The zero-order valence-electron chi connectivity index (χ0n) is 23.6. The summed E-state index contributed by atoms with van der Waals surface area (Å²) in [7, 11) is 0. The van der Waals surface area contributed by atoms with Gasteiger partial charge in [-0.3, -0.25) is 4.98 Å². The van der Waals surface area contributed by atoms with Crippen LogP contribution in [-0.4, -0.2) is 10.7 Å². The second-order valence-corrected chi connectivity index (χ2v) is 11.4. The van der Waals surface area contributed by atoms with Crippen LogP contribution in [0.1, 0.15) is 43.0 Å². The minimum absolute atomic E-state index is 0.260. The van der Waals surface area contributed by atoms with E-state index in [0.29, 0.717) is 0 Å². The lowest BCUT2D eigenvalue weighted by Crippen LogP contribution is -2.22. The van der Waals surface area contributed by atoms with Crippen LogP contribution >= 0.6 is 11.8 Å². The first kappa shape index (κ1) is 27.4. The Morgan fingerprint density at radius 1 is 0.900 bits per heavy atom. The standard InChI is InChI=1S/C38H35NS/c1-7-14-36(40-9-3)31(8-2)27(5)26(4)28-15-12-16-29(25-28)32-18-13-20-35-37(32)33-17-10-11-19-34(33)38(35,6)30-21-23-39-24-22-30/h7-8,10-25H,2,4-5,9H2,1,3,6H3/b14-7-,36-31-. The molecule has 0 bridgehead atoms. The van der Waals surface area contributed by atoms with Crippen LogP contribution in [0.5, 0.6) is 0 Å². The number of aromatic nitrogens is 1. The molecular weight excluding hydrogens is 502 g/mol. The summed E-state index contributed by atoms with van der Waals surface area (Å²) in [5.41, 5.74) is 12.5. The molecule has 1 unspecified atom stereocenters. The number of fused-ring (bicyclic) bond motifs is 3. The Balaban J connectivity index is 1.63. The van der Waals surface area contributed by atoms with Crippen molar-refractivity contribution < 1.29 is 0 Å². The molecule has 0 saturated heterocycles. The second-order valence-electron chi connectivity index (χ2n) is 10.1. The van der Waals surface area contributed by atoms with Crippen LogP contribution in [0.25, 0.3) is 27.8 Å². The first-order chi connectivity index (χ1) is 19.4. The fourth-order valence-corrected chi connectivity index (χ4v) is 6.79. The van der Waals surface area contributed by atoms with Gasteiger partial charge in [-0.2, -0.15) is 0 Å². The highest BCUT2D eigenvalue weighted by atomic mass is 32.2. The molecule has 5 rings (SSSR count). The first-order valence-electron chi connectivity index (χ1n) is 13.7. The average molecular weight is 538 g/mol. The summed E-state index contributed by atoms with van der Waals surface area (Å²) in [6.07, 6.45) is 9.87. The molecular formula is C38H35NS. The van der Waals surface area contributed by atoms with Crippen LogP contribution in [0.4, 0.5) is 0 Å². The first-order valence-corrected chi connectivity index (χ1v) is 14.7. The van der Waals surface area contributed by atoms with Gasteiger partial charge < -0.3 is 0 Å². The molecule has 0 N–H and O–H groups in total. The third-order valence-electron chi connectivity index (χ3n) is 7.89. The highest BCUT2D eigenvalue weighted by molar-refractivity contribution is 8.03. The number of allylic oxidation sites excluding steroid dienone is 6. The van der Waals surface area contributed by atoms with E-state index in [9.17, 15) is 0 Å². The van der Waals surface area contributed by atoms with Gasteiger partial charge in [-0.05, 0) is 99.0 Å². The molecule has 1 atom stereocenters. The van der Waals surface area contributed by atoms with E-state index in [1.807, 2.05) is 25.4 Å². The van der Waals surface area contributed by atoms with Crippen LogP contribution in [0.15, 0.2) is 145 Å². The van der Waals surface area contributed by atoms with Gasteiger partial charge >= 0.3 is 0 Å². The molecule has 1 heterocycles. The van der Waals surface area contributed by atoms with Crippen molar-refractivity contribution in [3.63, 3.8) is 0 Å². The highest BCUT2D eigenvalue weighted by Crippen LogP contribution is 2.55. The lowest BCUT2D eigenvalue weighted by molar-refractivity contribution is 0.712. The van der Waals surface area contributed by atoms with Gasteiger partial charge in [-0.1, -0.05) is 106 Å². The van der Waals surface area contributed by atoms with E-state index in [0.717, 1.165) is 38.5 Å². The molecule has 0 saturated carbocycles. The van der Waals surface area contributed by atoms with Crippen molar-refractivity contribution in [1.29, 1.82) is 0 Å². The molecule has 1 nitrogen and oxygen atoms in total. The number of hydrogen-bond donors (Lipinski definition) is 0. The van der Waals surface area contributed by atoms with Crippen molar-refractivity contribution in [2.24, 2.45) is 0 Å². The lowest BCUT2D eigenvalue weighted by atomic mass is 9.74. The summed E-state index contributed by atoms with van der Waals surface area (Å²) in [4.78, 5) is 5.45. The topological polar surface area (TPSA) is 12.9 Å². The summed E-state index contributed by atoms with van der Waals surface area (Å²) in [6.45, 7) is 19.6. The number of pyridine rings is 1. The Kier molecular flexibility index (Phi) is 7.91. The van der Waals surface area contributed by atoms with Gasteiger partial charge in [0.15, 0.2) is 0 Å². The van der Waals surface area contributed by atoms with E-state index in [1.165, 1.54) is 33.4 Å². The molecule has 0 fully saturated rings. The summed E-state index contributed by atoms with van der Waals surface area (Å²) in [6, 6.07) is 28.5. The third-order valence-corrected chi connectivity index (χ3v) is 8.85. The highest BCUT2D eigenvalue weighted by Gasteiger charge is 2.41. The van der Waals surface area contributed by atoms with Gasteiger partial charge in [-0.15, -0.1) is 11.8 Å². The maximum absolute atomic E-state index is 4.48. The Labute approximate surface area is 243 Å². The van der Waals surface area contributed by atoms with Crippen LogP contribution in [0, 0.1) is 0 Å². The van der Waals surface area contributed by atoms with Crippen molar-refractivity contribution in [1.82, 2.24) is 4.98 Å². The van der Waals surface area contributed by atoms with E-state index < -0.39 is 0 Å². The Morgan fingerprint density at radius 2 is 1.60 bits per heavy atom. The van der Waals surface area contributed by atoms with E-state index in [4.69, 9.17) is 0 Å². The van der Waals surface area contributed by atoms with Crippen molar-refractivity contribution >= 4 is 17.3 Å². The van der Waals surface area contributed by atoms with Gasteiger partial charge in [0.25, 0.3) is 0 Å². The fraction of sp³-hybridized carbons (Fsp3) is 0.132. The van der Waals surface area contributed by atoms with E-state index in [2.05, 4.69) is 130 Å². The monoisotopic (exact) mass is 537 g/mol. The molecule has 0 spiro atoms. The smallest absolute Gasteiger partial charge is 0.0436 e. The second kappa shape index (κ2) is 11.5. The van der Waals surface area contributed by atoms with Crippen LogP contribution in [0.2, 0.25) is 0 Å². The molecule has 1 aliphatic carbocycles. The van der Waals surface area contributed by atoms with E-state index in [1.54, 1.807) is 11.8 Å². The normalized spacial score (nSPS) is 16.3. The zero-order chi connectivity index (χ0) is 28.3. The molecule has 3 aromatic carbocycles. The summed E-state index contributed by atoms with van der Waals surface area (Å²) >= 11 is 1.80. The quantitative estimate of drug-likeness (QED) is 0.197. The number of rotatable bonds is 9. The molecule has 1 aromatic heterocycles. The largest absolute Gasteiger partial charge is 0.265 e. The number of hydrogen-bond acceptors (Lipinski definition) is 2. The predicted molar refractivity (Wildman–Crippen MR) is 175 cm³/mol. The molecule has 198 valence electrons. The van der Waals surface area contributed by atoms with E-state index >= 15 is 0 Å². The van der Waals surface area contributed by atoms with Gasteiger partial charge in [0.1, 0.15) is 0 Å². The van der Waals surface area contributed by atoms with Gasteiger partial charge in [0, 0.05) is 22.7 Å². The lowest BCUT2D eigenvalue weighted by Gasteiger charge is -2.28. The van der Waals surface area contributed by atoms with Gasteiger partial charge in [0.05, 0.1) is 0 Å². The van der Waals surface area contributed by atoms with Gasteiger partial charge in [0.2, 0.25) is 0 Å². The minimum Gasteiger partial charge on any atom is -0.265 e. The number of nitrogens with zero attached hydrogens (tertiary/aromatic N) is 1. The molecule has 0 radical (unpaired) electrons. The maximum atomic E-state index is 4.48. The van der Waals surface area contributed by atoms with E-state index in [-0.39, 0.29) is 5.41 Å². The molecule has 0 aliphatic heterocycles. The Hall–Kier alpha value is -4.14. The molecule has 4 aromatic rings. The third kappa shape index (κ3) is 4.63. The van der Waals surface area contributed by atoms with Crippen LogP contribution in [-0.2, 0) is 5.41 Å². The molecule has 1 aliphatic rings. The average Bonchev–Trinajstić information content (AvgIpc) is 3.27. The fourth-order valence-electron chi connectivity index (χ4n) is 5.88. The molecule has 0 amide bonds.